The van der Waals surface area contributed by atoms with Crippen LogP contribution in [0.2, 0.25) is 0 Å². The van der Waals surface area contributed by atoms with E-state index in [1.54, 1.807) is 18.5 Å². The molecule has 1 aromatic heterocycles. The van der Waals surface area contributed by atoms with E-state index in [9.17, 15) is 12.8 Å². The molecule has 0 amide bonds. The summed E-state index contributed by atoms with van der Waals surface area (Å²) in [5.41, 5.74) is 1.01. The molecule has 0 aliphatic carbocycles. The summed E-state index contributed by atoms with van der Waals surface area (Å²) in [5, 5.41) is 14.4. The maximum atomic E-state index is 13.0. The standard InChI is InChI=1S/C18H28FN7O2S/c1-3-17-25-23-14-26(17)13-12-22-18(21-10-11-24-29(2,27)28)20-9-8-15-4-6-16(19)7-5-15/h4-7,14,24H,3,8-13H2,1-2H3,(H2,20,21,22). The number of hydrogen-bond acceptors (Lipinski definition) is 5. The van der Waals surface area contributed by atoms with Crippen molar-refractivity contribution in [2.75, 3.05) is 32.4 Å². The fraction of sp³-hybridized carbons (Fsp3) is 0.500. The molecule has 3 N–H and O–H groups in total. The number of benzene rings is 1. The molecule has 29 heavy (non-hydrogen) atoms. The Morgan fingerprint density at radius 2 is 1.90 bits per heavy atom. The summed E-state index contributed by atoms with van der Waals surface area (Å²) in [6, 6.07) is 6.36. The van der Waals surface area contributed by atoms with Gasteiger partial charge in [-0.15, -0.1) is 10.2 Å². The normalized spacial score (nSPS) is 12.2. The Bertz CT molecular complexity index is 882. The molecule has 0 spiro atoms. The summed E-state index contributed by atoms with van der Waals surface area (Å²) in [6.07, 6.45) is 4.30. The van der Waals surface area contributed by atoms with E-state index in [4.69, 9.17) is 0 Å². The average Bonchev–Trinajstić information content (AvgIpc) is 3.13. The molecule has 0 radical (unpaired) electrons. The Morgan fingerprint density at radius 3 is 2.59 bits per heavy atom. The smallest absolute Gasteiger partial charge is 0.208 e. The monoisotopic (exact) mass is 425 g/mol. The fourth-order valence-electron chi connectivity index (χ4n) is 2.58. The zero-order valence-corrected chi connectivity index (χ0v) is 17.5. The van der Waals surface area contributed by atoms with Gasteiger partial charge in [-0.3, -0.25) is 4.99 Å². The van der Waals surface area contributed by atoms with Crippen LogP contribution in [-0.4, -0.2) is 61.6 Å². The number of aryl methyl sites for hydroxylation is 1. The highest BCUT2D eigenvalue weighted by atomic mass is 32.2. The maximum Gasteiger partial charge on any atom is 0.208 e. The van der Waals surface area contributed by atoms with Gasteiger partial charge in [-0.25, -0.2) is 17.5 Å². The Morgan fingerprint density at radius 1 is 1.17 bits per heavy atom. The first-order chi connectivity index (χ1) is 13.9. The maximum absolute atomic E-state index is 13.0. The zero-order chi connectivity index (χ0) is 21.1. The third-order valence-electron chi connectivity index (χ3n) is 4.02. The first kappa shape index (κ1) is 22.8. The largest absolute Gasteiger partial charge is 0.356 e. The number of guanidine groups is 1. The third-order valence-corrected chi connectivity index (χ3v) is 4.75. The second kappa shape index (κ2) is 11.5. The molecule has 0 atom stereocenters. The second-order valence-electron chi connectivity index (χ2n) is 6.42. The van der Waals surface area contributed by atoms with Crippen molar-refractivity contribution >= 4 is 16.0 Å². The molecule has 9 nitrogen and oxygen atoms in total. The molecule has 0 aliphatic rings. The molecule has 160 valence electrons. The van der Waals surface area contributed by atoms with Gasteiger partial charge >= 0.3 is 0 Å². The van der Waals surface area contributed by atoms with Gasteiger partial charge in [0.1, 0.15) is 18.0 Å². The van der Waals surface area contributed by atoms with E-state index < -0.39 is 10.0 Å². The van der Waals surface area contributed by atoms with Crippen LogP contribution in [0, 0.1) is 5.82 Å². The number of nitrogens with zero attached hydrogens (tertiary/aromatic N) is 4. The molecule has 1 heterocycles. The van der Waals surface area contributed by atoms with E-state index >= 15 is 0 Å². The summed E-state index contributed by atoms with van der Waals surface area (Å²) in [5.74, 6) is 1.23. The van der Waals surface area contributed by atoms with E-state index in [2.05, 4.69) is 30.5 Å². The summed E-state index contributed by atoms with van der Waals surface area (Å²) in [7, 11) is -3.24. The lowest BCUT2D eigenvalue weighted by molar-refractivity contribution is 0.588. The van der Waals surface area contributed by atoms with Gasteiger partial charge in [0.05, 0.1) is 12.8 Å². The van der Waals surface area contributed by atoms with Crippen molar-refractivity contribution in [3.05, 3.63) is 47.8 Å². The highest BCUT2D eigenvalue weighted by Crippen LogP contribution is 2.02. The van der Waals surface area contributed by atoms with E-state index in [1.807, 2.05) is 11.5 Å². The molecule has 0 saturated heterocycles. The van der Waals surface area contributed by atoms with Crippen LogP contribution in [0.4, 0.5) is 4.39 Å². The molecule has 0 bridgehead atoms. The zero-order valence-electron chi connectivity index (χ0n) is 16.7. The van der Waals surface area contributed by atoms with Crippen molar-refractivity contribution in [3.63, 3.8) is 0 Å². The third kappa shape index (κ3) is 9.01. The van der Waals surface area contributed by atoms with Gasteiger partial charge in [0.15, 0.2) is 5.96 Å². The lowest BCUT2D eigenvalue weighted by atomic mass is 10.1. The lowest BCUT2D eigenvalue weighted by Crippen LogP contribution is -2.40. The Labute approximate surface area is 170 Å². The number of halogens is 1. The van der Waals surface area contributed by atoms with Crippen LogP contribution in [0.3, 0.4) is 0 Å². The lowest BCUT2D eigenvalue weighted by Gasteiger charge is -2.13. The predicted octanol–water partition coefficient (Wildman–Crippen LogP) is 0.307. The fourth-order valence-corrected chi connectivity index (χ4v) is 3.05. The first-order valence-electron chi connectivity index (χ1n) is 9.45. The number of rotatable bonds is 11. The average molecular weight is 426 g/mol. The molecular formula is C18H28FN7O2S. The van der Waals surface area contributed by atoms with E-state index in [1.165, 1.54) is 12.1 Å². The van der Waals surface area contributed by atoms with Gasteiger partial charge in [-0.2, -0.15) is 0 Å². The van der Waals surface area contributed by atoms with Crippen LogP contribution in [0.25, 0.3) is 0 Å². The van der Waals surface area contributed by atoms with Crippen LogP contribution in [0.15, 0.2) is 35.6 Å². The van der Waals surface area contributed by atoms with Crippen molar-refractivity contribution < 1.29 is 12.8 Å². The van der Waals surface area contributed by atoms with Crippen molar-refractivity contribution in [3.8, 4) is 0 Å². The topological polar surface area (TPSA) is 113 Å². The minimum Gasteiger partial charge on any atom is -0.356 e. The van der Waals surface area contributed by atoms with Gasteiger partial charge in [0, 0.05) is 32.6 Å². The molecular weight excluding hydrogens is 397 g/mol. The van der Waals surface area contributed by atoms with Crippen LogP contribution < -0.4 is 15.4 Å². The predicted molar refractivity (Wildman–Crippen MR) is 111 cm³/mol. The molecule has 0 aliphatic heterocycles. The summed E-state index contributed by atoms with van der Waals surface area (Å²) in [6.45, 7) is 4.42. The molecule has 0 unspecified atom stereocenters. The van der Waals surface area contributed by atoms with E-state index in [0.29, 0.717) is 38.6 Å². The molecule has 11 heteroatoms. The van der Waals surface area contributed by atoms with Crippen molar-refractivity contribution in [2.24, 2.45) is 4.99 Å². The van der Waals surface area contributed by atoms with Crippen LogP contribution in [-0.2, 0) is 29.4 Å². The molecule has 1 aromatic carbocycles. The molecule has 2 aromatic rings. The molecule has 0 fully saturated rings. The number of sulfonamides is 1. The van der Waals surface area contributed by atoms with Gasteiger partial charge in [0.25, 0.3) is 0 Å². The quantitative estimate of drug-likeness (QED) is 0.271. The van der Waals surface area contributed by atoms with Crippen molar-refractivity contribution in [1.82, 2.24) is 30.1 Å². The number of aromatic nitrogens is 3. The number of hydrogen-bond donors (Lipinski definition) is 3. The van der Waals surface area contributed by atoms with E-state index in [0.717, 1.165) is 24.1 Å². The van der Waals surface area contributed by atoms with Gasteiger partial charge in [0.2, 0.25) is 10.0 Å². The highest BCUT2D eigenvalue weighted by molar-refractivity contribution is 7.88. The summed E-state index contributed by atoms with van der Waals surface area (Å²) >= 11 is 0. The summed E-state index contributed by atoms with van der Waals surface area (Å²) in [4.78, 5) is 4.40. The van der Waals surface area contributed by atoms with Crippen LogP contribution >= 0.6 is 0 Å². The van der Waals surface area contributed by atoms with Gasteiger partial charge in [-0.05, 0) is 24.1 Å². The minimum absolute atomic E-state index is 0.217. The van der Waals surface area contributed by atoms with Crippen molar-refractivity contribution in [2.45, 2.75) is 26.3 Å². The Balaban J connectivity index is 1.86. The Kier molecular flexibility index (Phi) is 9.00. The van der Waals surface area contributed by atoms with Gasteiger partial charge in [-0.1, -0.05) is 19.1 Å². The Hall–Kier alpha value is -2.53. The number of nitrogens with one attached hydrogen (secondary N) is 3. The summed E-state index contributed by atoms with van der Waals surface area (Å²) < 4.78 is 39.7. The van der Waals surface area contributed by atoms with Crippen LogP contribution in [0.1, 0.15) is 18.3 Å². The minimum atomic E-state index is -3.24. The highest BCUT2D eigenvalue weighted by Gasteiger charge is 2.04. The van der Waals surface area contributed by atoms with Crippen LogP contribution in [0.5, 0.6) is 0 Å². The van der Waals surface area contributed by atoms with Gasteiger partial charge < -0.3 is 15.2 Å². The second-order valence-corrected chi connectivity index (χ2v) is 8.25. The van der Waals surface area contributed by atoms with E-state index in [-0.39, 0.29) is 12.4 Å². The first-order valence-corrected chi connectivity index (χ1v) is 11.3. The molecule has 2 rings (SSSR count). The van der Waals surface area contributed by atoms with Crippen molar-refractivity contribution in [1.29, 1.82) is 0 Å². The number of aliphatic imine (C=N–C) groups is 1. The molecule has 0 saturated carbocycles. The SMILES string of the molecule is CCc1nncn1CCNC(=NCCNS(C)(=O)=O)NCCc1ccc(F)cc1.